The van der Waals surface area contributed by atoms with Gasteiger partial charge in [0.05, 0.1) is 11.4 Å². The number of benzene rings is 2. The molecule has 2 aromatic rings. The number of rotatable bonds is 0. The number of guanidine groups is 1. The van der Waals surface area contributed by atoms with Crippen LogP contribution in [0.3, 0.4) is 0 Å². The molecular formula is C12H9N5. The van der Waals surface area contributed by atoms with Crippen molar-refractivity contribution in [1.29, 1.82) is 0 Å². The Labute approximate surface area is 97.6 Å². The Balaban J connectivity index is 2.14. The van der Waals surface area contributed by atoms with Crippen molar-refractivity contribution < 1.29 is 0 Å². The molecule has 0 atom stereocenters. The van der Waals surface area contributed by atoms with Crippen LogP contribution in [-0.2, 0) is 0 Å². The number of aliphatic imine (C=N–C) groups is 1. The van der Waals surface area contributed by atoms with Crippen molar-refractivity contribution in [3.05, 3.63) is 36.4 Å². The zero-order valence-electron chi connectivity index (χ0n) is 9.20. The summed E-state index contributed by atoms with van der Waals surface area (Å²) in [7, 11) is 1.84. The van der Waals surface area contributed by atoms with Crippen LogP contribution in [0.2, 0.25) is 0 Å². The minimum absolute atomic E-state index is 0.746. The zero-order chi connectivity index (χ0) is 11.4. The quantitative estimate of drug-likeness (QED) is 0.689. The van der Waals surface area contributed by atoms with Gasteiger partial charge in [0.15, 0.2) is 0 Å². The van der Waals surface area contributed by atoms with E-state index in [9.17, 15) is 0 Å². The maximum Gasteiger partial charge on any atom is 0.251 e. The third-order valence-corrected chi connectivity index (χ3v) is 3.05. The molecule has 0 fully saturated rings. The van der Waals surface area contributed by atoms with Crippen LogP contribution in [0.1, 0.15) is 0 Å². The van der Waals surface area contributed by atoms with Gasteiger partial charge in [-0.05, 0) is 28.0 Å². The van der Waals surface area contributed by atoms with Crippen molar-refractivity contribution in [2.24, 2.45) is 15.4 Å². The van der Waals surface area contributed by atoms with Crippen molar-refractivity contribution in [3.8, 4) is 0 Å². The van der Waals surface area contributed by atoms with Gasteiger partial charge in [-0.25, -0.2) is 10.0 Å². The van der Waals surface area contributed by atoms with Gasteiger partial charge in [0, 0.05) is 12.4 Å². The summed E-state index contributed by atoms with van der Waals surface area (Å²) in [5, 5.41) is 13.9. The Morgan fingerprint density at radius 3 is 2.71 bits per heavy atom. The lowest BCUT2D eigenvalue weighted by Gasteiger charge is -2.22. The largest absolute Gasteiger partial charge is 0.251 e. The fraction of sp³-hybridized carbons (Fsp3) is 0.0833. The number of anilines is 1. The van der Waals surface area contributed by atoms with Gasteiger partial charge in [0.1, 0.15) is 0 Å². The number of fused-ring (bicyclic) bond motifs is 2. The van der Waals surface area contributed by atoms with E-state index in [0.717, 1.165) is 22.7 Å². The maximum atomic E-state index is 4.59. The molecule has 0 radical (unpaired) electrons. The van der Waals surface area contributed by atoms with Crippen molar-refractivity contribution >= 4 is 28.1 Å². The fourth-order valence-electron chi connectivity index (χ4n) is 2.27. The Hall–Kier alpha value is -2.43. The molecule has 0 saturated carbocycles. The lowest BCUT2D eigenvalue weighted by Crippen LogP contribution is -2.31. The Bertz CT molecular complexity index is 683. The molecule has 2 heterocycles. The smallest absolute Gasteiger partial charge is 0.214 e. The molecule has 5 nitrogen and oxygen atoms in total. The van der Waals surface area contributed by atoms with Gasteiger partial charge in [0.2, 0.25) is 0 Å². The van der Waals surface area contributed by atoms with Crippen molar-refractivity contribution in [3.63, 3.8) is 0 Å². The van der Waals surface area contributed by atoms with E-state index >= 15 is 0 Å². The highest BCUT2D eigenvalue weighted by molar-refractivity contribution is 6.13. The van der Waals surface area contributed by atoms with E-state index in [1.165, 1.54) is 5.39 Å². The van der Waals surface area contributed by atoms with Crippen LogP contribution in [0.5, 0.6) is 0 Å². The van der Waals surface area contributed by atoms with Crippen LogP contribution in [-0.4, -0.2) is 18.0 Å². The molecule has 0 amide bonds. The van der Waals surface area contributed by atoms with Gasteiger partial charge >= 0.3 is 0 Å². The van der Waals surface area contributed by atoms with Crippen LogP contribution in [0.25, 0.3) is 10.8 Å². The lowest BCUT2D eigenvalue weighted by atomic mass is 10.1. The third-order valence-electron chi connectivity index (χ3n) is 3.05. The molecule has 17 heavy (non-hydrogen) atoms. The Morgan fingerprint density at radius 1 is 1.00 bits per heavy atom. The second-order valence-corrected chi connectivity index (χ2v) is 4.08. The first-order valence-electron chi connectivity index (χ1n) is 5.40. The SMILES string of the molecule is CN1N=NN2C1=Nc1cccc3cccc2c13. The average Bonchev–Trinajstić information content (AvgIpc) is 2.73. The topological polar surface area (TPSA) is 43.6 Å². The molecule has 0 saturated heterocycles. The zero-order valence-corrected chi connectivity index (χ0v) is 9.20. The van der Waals surface area contributed by atoms with E-state index in [4.69, 9.17) is 0 Å². The second-order valence-electron chi connectivity index (χ2n) is 4.08. The minimum atomic E-state index is 0.746. The van der Waals surface area contributed by atoms with Gasteiger partial charge in [-0.1, -0.05) is 24.3 Å². The molecule has 4 rings (SSSR count). The minimum Gasteiger partial charge on any atom is -0.214 e. The van der Waals surface area contributed by atoms with Crippen LogP contribution in [0.15, 0.2) is 51.8 Å². The molecular weight excluding hydrogens is 214 g/mol. The van der Waals surface area contributed by atoms with Crippen LogP contribution in [0.4, 0.5) is 11.4 Å². The van der Waals surface area contributed by atoms with Crippen LogP contribution < -0.4 is 5.01 Å². The molecule has 0 aliphatic carbocycles. The summed E-state index contributed by atoms with van der Waals surface area (Å²) in [6.45, 7) is 0. The highest BCUT2D eigenvalue weighted by Gasteiger charge is 2.29. The van der Waals surface area contributed by atoms with E-state index in [-0.39, 0.29) is 0 Å². The first kappa shape index (κ1) is 8.69. The van der Waals surface area contributed by atoms with Crippen molar-refractivity contribution in [1.82, 2.24) is 5.01 Å². The predicted octanol–water partition coefficient (Wildman–Crippen LogP) is 2.87. The normalized spacial score (nSPS) is 16.4. The third kappa shape index (κ3) is 1.00. The van der Waals surface area contributed by atoms with Gasteiger partial charge < -0.3 is 0 Å². The molecule has 2 aliphatic rings. The van der Waals surface area contributed by atoms with E-state index < -0.39 is 0 Å². The fourth-order valence-corrected chi connectivity index (χ4v) is 2.27. The molecule has 5 heteroatoms. The molecule has 82 valence electrons. The standard InChI is InChI=1S/C12H9N5/c1-16-12-13-9-6-2-4-8-5-3-7-10(11(8)9)17(12)15-14-16/h2-7H,1H3. The van der Waals surface area contributed by atoms with Crippen LogP contribution in [0, 0.1) is 0 Å². The Kier molecular flexibility index (Phi) is 1.44. The van der Waals surface area contributed by atoms with E-state index in [2.05, 4.69) is 27.6 Å². The van der Waals surface area contributed by atoms with Gasteiger partial charge in [-0.15, -0.1) is 0 Å². The maximum absolute atomic E-state index is 4.59. The summed E-state index contributed by atoms with van der Waals surface area (Å²) >= 11 is 0. The Morgan fingerprint density at radius 2 is 1.82 bits per heavy atom. The highest BCUT2D eigenvalue weighted by atomic mass is 15.8. The molecule has 2 aromatic carbocycles. The van der Waals surface area contributed by atoms with Crippen molar-refractivity contribution in [2.45, 2.75) is 0 Å². The summed E-state index contributed by atoms with van der Waals surface area (Å²) in [5.74, 6) is 0.746. The number of hydrogen-bond acceptors (Lipinski definition) is 5. The summed E-state index contributed by atoms with van der Waals surface area (Å²) in [5.41, 5.74) is 2.01. The van der Waals surface area contributed by atoms with Gasteiger partial charge in [0.25, 0.3) is 5.96 Å². The number of nitrogens with zero attached hydrogens (tertiary/aromatic N) is 5. The summed E-state index contributed by atoms with van der Waals surface area (Å²) in [6, 6.07) is 12.3. The molecule has 0 N–H and O–H groups in total. The van der Waals surface area contributed by atoms with Gasteiger partial charge in [-0.2, -0.15) is 5.01 Å². The molecule has 0 unspecified atom stereocenters. The van der Waals surface area contributed by atoms with E-state index in [0.29, 0.717) is 0 Å². The van der Waals surface area contributed by atoms with Crippen LogP contribution >= 0.6 is 0 Å². The average molecular weight is 223 g/mol. The van der Waals surface area contributed by atoms with E-state index in [1.807, 2.05) is 31.3 Å². The highest BCUT2D eigenvalue weighted by Crippen LogP contribution is 2.40. The summed E-state index contributed by atoms with van der Waals surface area (Å²) in [6.07, 6.45) is 0. The number of hydrogen-bond donors (Lipinski definition) is 0. The molecule has 0 bridgehead atoms. The monoisotopic (exact) mass is 223 g/mol. The molecule has 0 spiro atoms. The predicted molar refractivity (Wildman–Crippen MR) is 66.1 cm³/mol. The van der Waals surface area contributed by atoms with E-state index in [1.54, 1.807) is 10.0 Å². The molecule has 2 aliphatic heterocycles. The van der Waals surface area contributed by atoms with Crippen molar-refractivity contribution in [2.75, 3.05) is 12.1 Å². The summed E-state index contributed by atoms with van der Waals surface area (Å²) in [4.78, 5) is 4.59. The summed E-state index contributed by atoms with van der Waals surface area (Å²) < 4.78 is 0. The first-order chi connectivity index (χ1) is 8.34. The second kappa shape index (κ2) is 2.82. The van der Waals surface area contributed by atoms with Gasteiger partial charge in [-0.3, -0.25) is 0 Å². The molecule has 0 aromatic heterocycles. The lowest BCUT2D eigenvalue weighted by molar-refractivity contribution is 0.535. The first-order valence-corrected chi connectivity index (χ1v) is 5.40.